The van der Waals surface area contributed by atoms with Gasteiger partial charge in [0.15, 0.2) is 11.6 Å². The molecule has 31 heavy (non-hydrogen) atoms. The van der Waals surface area contributed by atoms with Gasteiger partial charge >= 0.3 is 5.97 Å². The number of benzene rings is 1. The Kier molecular flexibility index (Phi) is 6.94. The molecule has 0 unspecified atom stereocenters. The smallest absolute Gasteiger partial charge is 0.336 e. The van der Waals surface area contributed by atoms with Crippen LogP contribution in [0.25, 0.3) is 11.1 Å². The van der Waals surface area contributed by atoms with Crippen LogP contribution in [0.15, 0.2) is 30.5 Å². The Labute approximate surface area is 187 Å². The number of carbonyl (C=O) groups is 1. The van der Waals surface area contributed by atoms with E-state index < -0.39 is 17.9 Å². The van der Waals surface area contributed by atoms with Gasteiger partial charge in [0, 0.05) is 35.9 Å². The molecule has 164 valence electrons. The highest BCUT2D eigenvalue weighted by atomic mass is 35.5. The largest absolute Gasteiger partial charge is 0.486 e. The van der Waals surface area contributed by atoms with Crippen LogP contribution in [-0.4, -0.2) is 39.0 Å². The summed E-state index contributed by atoms with van der Waals surface area (Å²) in [6, 6.07) is 5.06. The standard InChI is InChI=1S/C20H20ClFN4O4S/c1-10(14-7-12(22)4-5-13(14)19(27)28)30-16-6-11(8-24-18(16)23)17-15(9-26(2)21)25-31-20(17)29-3/h4-8,10H,9H2,1-3H3,(H2,23,24)(H,27,28)/t10-/m1/s1. The summed E-state index contributed by atoms with van der Waals surface area (Å²) in [5, 5.41) is 9.97. The van der Waals surface area contributed by atoms with Crippen molar-refractivity contribution < 1.29 is 23.8 Å². The van der Waals surface area contributed by atoms with E-state index >= 15 is 0 Å². The SMILES string of the molecule is COc1snc(CN(C)Cl)c1-c1cnc(N)c(O[C@H](C)c2cc(F)ccc2C(=O)O)c1. The lowest BCUT2D eigenvalue weighted by molar-refractivity contribution is 0.0691. The van der Waals surface area contributed by atoms with Crippen LogP contribution in [0.2, 0.25) is 0 Å². The number of halogens is 2. The third-order valence-electron chi connectivity index (χ3n) is 4.44. The lowest BCUT2D eigenvalue weighted by atomic mass is 10.0. The number of carboxylic acids is 1. The van der Waals surface area contributed by atoms with E-state index in [-0.39, 0.29) is 22.7 Å². The average molecular weight is 467 g/mol. The van der Waals surface area contributed by atoms with Gasteiger partial charge in [-0.25, -0.2) is 18.6 Å². The van der Waals surface area contributed by atoms with E-state index in [0.29, 0.717) is 28.4 Å². The van der Waals surface area contributed by atoms with E-state index in [1.807, 2.05) is 0 Å². The van der Waals surface area contributed by atoms with Crippen LogP contribution in [0.4, 0.5) is 10.2 Å². The van der Waals surface area contributed by atoms with E-state index in [1.54, 1.807) is 26.2 Å². The predicted octanol–water partition coefficient (Wildman–Crippen LogP) is 4.36. The number of aromatic carboxylic acids is 1. The lowest BCUT2D eigenvalue weighted by Gasteiger charge is -2.19. The quantitative estimate of drug-likeness (QED) is 0.471. The fourth-order valence-corrected chi connectivity index (χ4v) is 3.91. The number of pyridine rings is 1. The molecule has 0 spiro atoms. The van der Waals surface area contributed by atoms with Crippen molar-refractivity contribution >= 4 is 35.1 Å². The Bertz CT molecular complexity index is 1110. The first-order valence-corrected chi connectivity index (χ1v) is 10.2. The Hall–Kier alpha value is -2.95. The van der Waals surface area contributed by atoms with Crippen LogP contribution in [0.3, 0.4) is 0 Å². The van der Waals surface area contributed by atoms with Gasteiger partial charge in [-0.15, -0.1) is 0 Å². The molecule has 0 amide bonds. The minimum absolute atomic E-state index is 0.0623. The second-order valence-corrected chi connectivity index (χ2v) is 7.98. The molecule has 0 aliphatic rings. The van der Waals surface area contributed by atoms with E-state index in [2.05, 4.69) is 9.36 Å². The van der Waals surface area contributed by atoms with Crippen LogP contribution in [0.1, 0.15) is 34.6 Å². The first-order chi connectivity index (χ1) is 14.7. The zero-order chi connectivity index (χ0) is 22.7. The molecule has 1 atom stereocenters. The van der Waals surface area contributed by atoms with Gasteiger partial charge in [0.1, 0.15) is 11.9 Å². The molecule has 2 aromatic heterocycles. The first kappa shape index (κ1) is 22.7. The molecule has 3 aromatic rings. The molecule has 0 aliphatic heterocycles. The molecular formula is C20H20ClFN4O4S. The Morgan fingerprint density at radius 3 is 2.81 bits per heavy atom. The number of hydrogen-bond donors (Lipinski definition) is 2. The molecule has 2 heterocycles. The summed E-state index contributed by atoms with van der Waals surface area (Å²) in [6.07, 6.45) is 0.749. The predicted molar refractivity (Wildman–Crippen MR) is 116 cm³/mol. The van der Waals surface area contributed by atoms with E-state index in [1.165, 1.54) is 29.1 Å². The van der Waals surface area contributed by atoms with Crippen LogP contribution in [-0.2, 0) is 6.54 Å². The molecule has 1 aromatic carbocycles. The maximum absolute atomic E-state index is 13.8. The fraction of sp³-hybridized carbons (Fsp3) is 0.250. The molecule has 0 fully saturated rings. The topological polar surface area (TPSA) is 111 Å². The van der Waals surface area contributed by atoms with Gasteiger partial charge < -0.3 is 20.3 Å². The number of nitrogens with two attached hydrogens (primary N) is 1. The van der Waals surface area contributed by atoms with Crippen molar-refractivity contribution in [1.29, 1.82) is 0 Å². The molecule has 0 aliphatic carbocycles. The minimum Gasteiger partial charge on any atom is -0.486 e. The van der Waals surface area contributed by atoms with E-state index in [4.69, 9.17) is 27.0 Å². The molecule has 0 bridgehead atoms. The molecular weight excluding hydrogens is 447 g/mol. The number of nitrogen functional groups attached to an aromatic ring is 1. The molecule has 0 radical (unpaired) electrons. The van der Waals surface area contributed by atoms with E-state index in [0.717, 1.165) is 12.1 Å². The van der Waals surface area contributed by atoms with Gasteiger partial charge in [-0.2, -0.15) is 4.37 Å². The van der Waals surface area contributed by atoms with Crippen LogP contribution < -0.4 is 15.2 Å². The van der Waals surface area contributed by atoms with E-state index in [9.17, 15) is 14.3 Å². The summed E-state index contributed by atoms with van der Waals surface area (Å²) in [4.78, 5) is 15.7. The molecule has 11 heteroatoms. The summed E-state index contributed by atoms with van der Waals surface area (Å²) in [5.74, 6) is -1.44. The molecule has 3 rings (SSSR count). The Morgan fingerprint density at radius 1 is 1.42 bits per heavy atom. The average Bonchev–Trinajstić information content (AvgIpc) is 3.11. The van der Waals surface area contributed by atoms with Crippen molar-refractivity contribution in [2.45, 2.75) is 19.6 Å². The van der Waals surface area contributed by atoms with Crippen molar-refractivity contribution in [3.63, 3.8) is 0 Å². The van der Waals surface area contributed by atoms with Gasteiger partial charge in [-0.3, -0.25) is 0 Å². The van der Waals surface area contributed by atoms with Crippen LogP contribution in [0, 0.1) is 5.82 Å². The number of nitrogens with zero attached hydrogens (tertiary/aromatic N) is 3. The van der Waals surface area contributed by atoms with Gasteiger partial charge in [-0.1, -0.05) is 0 Å². The van der Waals surface area contributed by atoms with Crippen molar-refractivity contribution in [2.24, 2.45) is 0 Å². The molecule has 0 saturated heterocycles. The second-order valence-electron chi connectivity index (χ2n) is 6.66. The maximum Gasteiger partial charge on any atom is 0.336 e. The Morgan fingerprint density at radius 2 is 2.16 bits per heavy atom. The van der Waals surface area contributed by atoms with Crippen molar-refractivity contribution in [3.05, 3.63) is 53.1 Å². The van der Waals surface area contributed by atoms with Gasteiger partial charge in [0.05, 0.1) is 30.5 Å². The summed E-state index contributed by atoms with van der Waals surface area (Å²) in [7, 11) is 3.24. The second kappa shape index (κ2) is 9.46. The Balaban J connectivity index is 2.00. The van der Waals surface area contributed by atoms with Crippen LogP contribution in [0.5, 0.6) is 10.8 Å². The number of rotatable bonds is 8. The molecule has 3 N–H and O–H groups in total. The van der Waals surface area contributed by atoms with Crippen LogP contribution >= 0.6 is 23.3 Å². The van der Waals surface area contributed by atoms with Crippen molar-refractivity contribution in [3.8, 4) is 21.9 Å². The number of methoxy groups -OCH3 is 1. The van der Waals surface area contributed by atoms with Gasteiger partial charge in [-0.05, 0) is 43.0 Å². The highest BCUT2D eigenvalue weighted by Gasteiger charge is 2.22. The highest BCUT2D eigenvalue weighted by molar-refractivity contribution is 7.08. The van der Waals surface area contributed by atoms with Gasteiger partial charge in [0.25, 0.3) is 0 Å². The monoisotopic (exact) mass is 466 g/mol. The normalized spacial score (nSPS) is 12.1. The number of anilines is 1. The number of aromatic nitrogens is 2. The number of ether oxygens (including phenoxy) is 2. The summed E-state index contributed by atoms with van der Waals surface area (Å²) >= 11 is 7.16. The summed E-state index contributed by atoms with van der Waals surface area (Å²) in [6.45, 7) is 1.97. The third kappa shape index (κ3) is 5.04. The molecule has 8 nitrogen and oxygen atoms in total. The van der Waals surface area contributed by atoms with Gasteiger partial charge in [0.2, 0.25) is 5.06 Å². The highest BCUT2D eigenvalue weighted by Crippen LogP contribution is 2.40. The fourth-order valence-electron chi connectivity index (χ4n) is 3.05. The zero-order valence-corrected chi connectivity index (χ0v) is 18.5. The third-order valence-corrected chi connectivity index (χ3v) is 5.41. The van der Waals surface area contributed by atoms with Crippen molar-refractivity contribution in [2.75, 3.05) is 19.9 Å². The number of carboxylic acid groups (broad SMARTS) is 1. The maximum atomic E-state index is 13.8. The zero-order valence-electron chi connectivity index (χ0n) is 16.9. The summed E-state index contributed by atoms with van der Waals surface area (Å²) in [5.41, 5.74) is 8.11. The first-order valence-electron chi connectivity index (χ1n) is 9.06. The number of hydrogen-bond acceptors (Lipinski definition) is 8. The summed E-state index contributed by atoms with van der Waals surface area (Å²) < 4.78 is 30.9. The molecule has 0 saturated carbocycles. The van der Waals surface area contributed by atoms with Crippen molar-refractivity contribution in [1.82, 2.24) is 13.8 Å². The minimum atomic E-state index is -1.19. The lowest BCUT2D eigenvalue weighted by Crippen LogP contribution is -2.12.